The molecule has 0 amide bonds. The molecule has 1 fully saturated rings. The molecule has 3 nitrogen and oxygen atoms in total. The molecule has 1 saturated carbocycles. The highest BCUT2D eigenvalue weighted by molar-refractivity contribution is 5.21. The molecule has 3 heteroatoms. The van der Waals surface area contributed by atoms with Gasteiger partial charge >= 0.3 is 0 Å². The van der Waals surface area contributed by atoms with Crippen LogP contribution in [0.2, 0.25) is 0 Å². The summed E-state index contributed by atoms with van der Waals surface area (Å²) in [7, 11) is 2.00. The molecule has 1 aliphatic carbocycles. The van der Waals surface area contributed by atoms with Crippen LogP contribution in [0.15, 0.2) is 30.3 Å². The fourth-order valence-corrected chi connectivity index (χ4v) is 3.10. The molecule has 2 rings (SSSR count). The largest absolute Gasteiger partial charge is 0.391 e. The minimum atomic E-state index is -0.882. The lowest BCUT2D eigenvalue weighted by atomic mass is 9.89. The summed E-state index contributed by atoms with van der Waals surface area (Å²) in [6, 6.07) is 9.91. The molecule has 3 atom stereocenters. The predicted octanol–water partition coefficient (Wildman–Crippen LogP) is 2.13. The Labute approximate surface area is 115 Å². The lowest BCUT2D eigenvalue weighted by Gasteiger charge is -2.39. The second kappa shape index (κ2) is 6.04. The summed E-state index contributed by atoms with van der Waals surface area (Å²) >= 11 is 0. The van der Waals surface area contributed by atoms with E-state index < -0.39 is 5.60 Å². The highest BCUT2D eigenvalue weighted by Crippen LogP contribution is 2.26. The molecule has 1 aromatic rings. The van der Waals surface area contributed by atoms with Crippen LogP contribution in [0.1, 0.15) is 38.2 Å². The lowest BCUT2D eigenvalue weighted by Crippen LogP contribution is -2.48. The summed E-state index contributed by atoms with van der Waals surface area (Å²) in [5, 5.41) is 20.7. The van der Waals surface area contributed by atoms with Crippen LogP contribution in [0, 0.1) is 0 Å². The van der Waals surface area contributed by atoms with Gasteiger partial charge in [0.25, 0.3) is 0 Å². The Morgan fingerprint density at radius 2 is 1.84 bits per heavy atom. The van der Waals surface area contributed by atoms with Gasteiger partial charge in [-0.2, -0.15) is 0 Å². The molecule has 3 unspecified atom stereocenters. The number of rotatable bonds is 4. The number of benzene rings is 1. The standard InChI is InChI=1S/C16H25NO2/c1-16(19,13-8-4-3-5-9-13)12-17(2)14-10-6-7-11-15(14)18/h3-5,8-9,14-15,18-19H,6-7,10-12H2,1-2H3. The first-order chi connectivity index (χ1) is 9.00. The van der Waals surface area contributed by atoms with Crippen LogP contribution >= 0.6 is 0 Å². The van der Waals surface area contributed by atoms with Gasteiger partial charge in [-0.1, -0.05) is 43.2 Å². The van der Waals surface area contributed by atoms with Gasteiger partial charge in [-0.3, -0.25) is 4.90 Å². The molecule has 0 heterocycles. The van der Waals surface area contributed by atoms with Gasteiger partial charge in [0, 0.05) is 12.6 Å². The maximum atomic E-state index is 10.6. The van der Waals surface area contributed by atoms with Gasteiger partial charge in [-0.25, -0.2) is 0 Å². The van der Waals surface area contributed by atoms with Crippen molar-refractivity contribution < 1.29 is 10.2 Å². The smallest absolute Gasteiger partial charge is 0.0994 e. The Morgan fingerprint density at radius 3 is 2.47 bits per heavy atom. The van der Waals surface area contributed by atoms with Gasteiger partial charge < -0.3 is 10.2 Å². The Morgan fingerprint density at radius 1 is 1.21 bits per heavy atom. The van der Waals surface area contributed by atoms with Crippen molar-refractivity contribution in [2.75, 3.05) is 13.6 Å². The zero-order valence-electron chi connectivity index (χ0n) is 11.9. The topological polar surface area (TPSA) is 43.7 Å². The monoisotopic (exact) mass is 263 g/mol. The Balaban J connectivity index is 2.03. The minimum absolute atomic E-state index is 0.170. The van der Waals surface area contributed by atoms with E-state index in [1.807, 2.05) is 44.3 Å². The molecule has 0 spiro atoms. The first kappa shape index (κ1) is 14.5. The summed E-state index contributed by atoms with van der Waals surface area (Å²) in [6.07, 6.45) is 3.91. The van der Waals surface area contributed by atoms with Crippen molar-refractivity contribution in [3.63, 3.8) is 0 Å². The first-order valence-corrected chi connectivity index (χ1v) is 7.17. The van der Waals surface area contributed by atoms with Crippen LogP contribution in [0.3, 0.4) is 0 Å². The quantitative estimate of drug-likeness (QED) is 0.874. The van der Waals surface area contributed by atoms with E-state index in [-0.39, 0.29) is 12.1 Å². The molecular formula is C16H25NO2. The van der Waals surface area contributed by atoms with Crippen molar-refractivity contribution in [2.45, 2.75) is 50.4 Å². The Bertz CT molecular complexity index is 391. The third-order valence-corrected chi connectivity index (χ3v) is 4.21. The third-order valence-electron chi connectivity index (χ3n) is 4.21. The average Bonchev–Trinajstić information content (AvgIpc) is 2.39. The van der Waals surface area contributed by atoms with Gasteiger partial charge in [0.1, 0.15) is 0 Å². The molecule has 19 heavy (non-hydrogen) atoms. The van der Waals surface area contributed by atoms with E-state index in [9.17, 15) is 10.2 Å². The zero-order valence-corrected chi connectivity index (χ0v) is 11.9. The van der Waals surface area contributed by atoms with E-state index in [0.717, 1.165) is 24.8 Å². The lowest BCUT2D eigenvalue weighted by molar-refractivity contribution is -0.0266. The molecule has 1 aromatic carbocycles. The van der Waals surface area contributed by atoms with Gasteiger partial charge in [-0.15, -0.1) is 0 Å². The summed E-state index contributed by atoms with van der Waals surface area (Å²) in [4.78, 5) is 2.11. The van der Waals surface area contributed by atoms with Gasteiger partial charge in [0.05, 0.1) is 11.7 Å². The summed E-state index contributed by atoms with van der Waals surface area (Å²) in [5.41, 5.74) is 0.0415. The summed E-state index contributed by atoms with van der Waals surface area (Å²) in [6.45, 7) is 2.38. The number of hydrogen-bond donors (Lipinski definition) is 2. The maximum Gasteiger partial charge on any atom is 0.0994 e. The van der Waals surface area contributed by atoms with Crippen molar-refractivity contribution in [2.24, 2.45) is 0 Å². The van der Waals surface area contributed by atoms with Crippen molar-refractivity contribution in [1.29, 1.82) is 0 Å². The fourth-order valence-electron chi connectivity index (χ4n) is 3.10. The number of hydrogen-bond acceptors (Lipinski definition) is 3. The zero-order chi connectivity index (χ0) is 13.9. The second-order valence-electron chi connectivity index (χ2n) is 5.97. The average molecular weight is 263 g/mol. The Kier molecular flexibility index (Phi) is 4.61. The van der Waals surface area contributed by atoms with Crippen molar-refractivity contribution in [1.82, 2.24) is 4.90 Å². The number of nitrogens with zero attached hydrogens (tertiary/aromatic N) is 1. The van der Waals surface area contributed by atoms with Crippen LogP contribution in [0.5, 0.6) is 0 Å². The summed E-state index contributed by atoms with van der Waals surface area (Å²) < 4.78 is 0. The molecule has 0 aromatic heterocycles. The van der Waals surface area contributed by atoms with Crippen molar-refractivity contribution >= 4 is 0 Å². The molecular weight excluding hydrogens is 238 g/mol. The van der Waals surface area contributed by atoms with E-state index in [2.05, 4.69) is 4.90 Å². The van der Waals surface area contributed by atoms with Gasteiger partial charge in [0.15, 0.2) is 0 Å². The summed E-state index contributed by atoms with van der Waals surface area (Å²) in [5.74, 6) is 0. The van der Waals surface area contributed by atoms with Crippen LogP contribution in [-0.2, 0) is 5.60 Å². The molecule has 1 aliphatic rings. The molecule has 2 N–H and O–H groups in total. The minimum Gasteiger partial charge on any atom is -0.391 e. The van der Waals surface area contributed by atoms with Crippen molar-refractivity contribution in [3.05, 3.63) is 35.9 Å². The molecule has 0 saturated heterocycles. The molecule has 0 aliphatic heterocycles. The number of aliphatic hydroxyl groups is 2. The number of likely N-dealkylation sites (N-methyl/N-ethyl adjacent to an activating group) is 1. The normalized spacial score (nSPS) is 27.2. The van der Waals surface area contributed by atoms with Crippen molar-refractivity contribution in [3.8, 4) is 0 Å². The molecule has 0 bridgehead atoms. The Hall–Kier alpha value is -0.900. The predicted molar refractivity (Wildman–Crippen MR) is 76.9 cm³/mol. The first-order valence-electron chi connectivity index (χ1n) is 7.17. The van der Waals surface area contributed by atoms with Crippen LogP contribution in [0.4, 0.5) is 0 Å². The second-order valence-corrected chi connectivity index (χ2v) is 5.97. The van der Waals surface area contributed by atoms with E-state index in [1.165, 1.54) is 6.42 Å². The highest BCUT2D eigenvalue weighted by Gasteiger charge is 2.32. The molecule has 106 valence electrons. The number of aliphatic hydroxyl groups excluding tert-OH is 1. The van der Waals surface area contributed by atoms with E-state index in [4.69, 9.17) is 0 Å². The maximum absolute atomic E-state index is 10.6. The van der Waals surface area contributed by atoms with Gasteiger partial charge in [0.2, 0.25) is 0 Å². The van der Waals surface area contributed by atoms with Crippen LogP contribution < -0.4 is 0 Å². The van der Waals surface area contributed by atoms with E-state index >= 15 is 0 Å². The third kappa shape index (κ3) is 3.56. The molecule has 0 radical (unpaired) electrons. The fraction of sp³-hybridized carbons (Fsp3) is 0.625. The van der Waals surface area contributed by atoms with Crippen LogP contribution in [0.25, 0.3) is 0 Å². The SMILES string of the molecule is CN(CC(C)(O)c1ccccc1)C1CCCCC1O. The highest BCUT2D eigenvalue weighted by atomic mass is 16.3. The van der Waals surface area contributed by atoms with E-state index in [1.54, 1.807) is 0 Å². The van der Waals surface area contributed by atoms with Gasteiger partial charge in [-0.05, 0) is 32.4 Å². The van der Waals surface area contributed by atoms with E-state index in [0.29, 0.717) is 6.54 Å². The van der Waals surface area contributed by atoms with Crippen LogP contribution in [-0.4, -0.2) is 40.9 Å².